The van der Waals surface area contributed by atoms with E-state index in [2.05, 4.69) is 5.92 Å². The summed E-state index contributed by atoms with van der Waals surface area (Å²) < 4.78 is 9.91. The van der Waals surface area contributed by atoms with E-state index in [4.69, 9.17) is 21.0 Å². The monoisotopic (exact) mass is 218 g/mol. The largest absolute Gasteiger partial charge is 0.394 e. The van der Waals surface area contributed by atoms with Crippen LogP contribution in [0.25, 0.3) is 0 Å². The van der Waals surface area contributed by atoms with Crippen LogP contribution in [0.15, 0.2) is 0 Å². The van der Waals surface area contributed by atoms with Gasteiger partial charge in [-0.3, -0.25) is 0 Å². The fraction of sp³-hybridized carbons (Fsp3) is 0.778. The fourth-order valence-corrected chi connectivity index (χ4v) is 1.34. The Morgan fingerprint density at radius 1 is 1.20 bits per heavy atom. The molecule has 6 nitrogen and oxygen atoms in total. The van der Waals surface area contributed by atoms with Gasteiger partial charge in [0.25, 0.3) is 0 Å². The van der Waals surface area contributed by atoms with Gasteiger partial charge < -0.3 is 29.9 Å². The lowest BCUT2D eigenvalue weighted by Crippen LogP contribution is -2.59. The molecule has 0 aromatic rings. The number of terminal acetylenes is 1. The molecule has 1 heterocycles. The predicted octanol–water partition coefficient (Wildman–Crippen LogP) is -2.56. The number of hydrogen-bond acceptors (Lipinski definition) is 6. The summed E-state index contributed by atoms with van der Waals surface area (Å²) >= 11 is 0. The van der Waals surface area contributed by atoms with Gasteiger partial charge in [0.15, 0.2) is 6.29 Å². The molecule has 0 amide bonds. The van der Waals surface area contributed by atoms with E-state index in [1.165, 1.54) is 0 Å². The summed E-state index contributed by atoms with van der Waals surface area (Å²) in [6.45, 7) is -0.580. The van der Waals surface area contributed by atoms with Gasteiger partial charge in [-0.1, -0.05) is 5.92 Å². The van der Waals surface area contributed by atoms with Gasteiger partial charge in [-0.2, -0.15) is 0 Å². The van der Waals surface area contributed by atoms with Gasteiger partial charge >= 0.3 is 0 Å². The third kappa shape index (κ3) is 2.66. The van der Waals surface area contributed by atoms with Crippen LogP contribution in [0.4, 0.5) is 0 Å². The average Bonchev–Trinajstić information content (AvgIpc) is 2.25. The lowest BCUT2D eigenvalue weighted by Gasteiger charge is -2.39. The molecular weight excluding hydrogens is 204 g/mol. The van der Waals surface area contributed by atoms with Crippen molar-refractivity contribution in [2.45, 2.75) is 30.7 Å². The standard InChI is InChI=1S/C9H14O6/c1-2-3-14-9-8(13)7(12)6(11)5(4-10)15-9/h1,5-13H,3-4H2/t5-,6-,7+,8+,9-/m1/s1. The second-order valence-corrected chi connectivity index (χ2v) is 3.21. The van der Waals surface area contributed by atoms with E-state index in [0.717, 1.165) is 0 Å². The summed E-state index contributed by atoms with van der Waals surface area (Å²) in [5.74, 6) is 2.17. The second-order valence-electron chi connectivity index (χ2n) is 3.21. The van der Waals surface area contributed by atoms with Crippen LogP contribution in [0.1, 0.15) is 0 Å². The van der Waals surface area contributed by atoms with Gasteiger partial charge in [-0.15, -0.1) is 6.42 Å². The normalized spacial score (nSPS) is 41.1. The molecule has 0 unspecified atom stereocenters. The Labute approximate surface area is 87.1 Å². The van der Waals surface area contributed by atoms with E-state index in [0.29, 0.717) is 0 Å². The molecule has 1 aliphatic heterocycles. The maximum absolute atomic E-state index is 9.44. The zero-order valence-corrected chi connectivity index (χ0v) is 7.98. The smallest absolute Gasteiger partial charge is 0.187 e. The van der Waals surface area contributed by atoms with Crippen molar-refractivity contribution in [2.24, 2.45) is 0 Å². The molecule has 1 aliphatic rings. The molecular formula is C9H14O6. The van der Waals surface area contributed by atoms with Crippen molar-refractivity contribution >= 4 is 0 Å². The minimum Gasteiger partial charge on any atom is -0.394 e. The maximum atomic E-state index is 9.44. The van der Waals surface area contributed by atoms with Crippen LogP contribution in [0.3, 0.4) is 0 Å². The Morgan fingerprint density at radius 2 is 1.87 bits per heavy atom. The van der Waals surface area contributed by atoms with Crippen LogP contribution in [-0.2, 0) is 9.47 Å². The molecule has 0 aromatic heterocycles. The maximum Gasteiger partial charge on any atom is 0.187 e. The van der Waals surface area contributed by atoms with Gasteiger partial charge in [0.05, 0.1) is 6.61 Å². The van der Waals surface area contributed by atoms with Gasteiger partial charge in [0.1, 0.15) is 31.0 Å². The molecule has 0 saturated carbocycles. The summed E-state index contributed by atoms with van der Waals surface area (Å²) in [6, 6.07) is 0. The van der Waals surface area contributed by atoms with Crippen LogP contribution in [0.2, 0.25) is 0 Å². The molecule has 0 spiro atoms. The number of rotatable bonds is 3. The second kappa shape index (κ2) is 5.42. The molecule has 0 aromatic carbocycles. The van der Waals surface area contributed by atoms with Crippen molar-refractivity contribution in [3.05, 3.63) is 0 Å². The van der Waals surface area contributed by atoms with Crippen molar-refractivity contribution in [2.75, 3.05) is 13.2 Å². The van der Waals surface area contributed by atoms with E-state index >= 15 is 0 Å². The quantitative estimate of drug-likeness (QED) is 0.389. The third-order valence-corrected chi connectivity index (χ3v) is 2.18. The van der Waals surface area contributed by atoms with E-state index in [1.54, 1.807) is 0 Å². The molecule has 1 fully saturated rings. The Bertz CT molecular complexity index is 235. The van der Waals surface area contributed by atoms with Crippen LogP contribution in [-0.4, -0.2) is 64.3 Å². The van der Waals surface area contributed by atoms with E-state index in [9.17, 15) is 15.3 Å². The molecule has 86 valence electrons. The Kier molecular flexibility index (Phi) is 4.47. The minimum atomic E-state index is -1.43. The lowest BCUT2D eigenvalue weighted by molar-refractivity contribution is -0.298. The third-order valence-electron chi connectivity index (χ3n) is 2.18. The van der Waals surface area contributed by atoms with E-state index < -0.39 is 37.3 Å². The Hall–Kier alpha value is -0.680. The molecule has 1 saturated heterocycles. The Balaban J connectivity index is 2.62. The lowest BCUT2D eigenvalue weighted by atomic mass is 9.99. The molecule has 0 radical (unpaired) electrons. The first-order valence-electron chi connectivity index (χ1n) is 4.47. The SMILES string of the molecule is C#CCO[C@@H]1O[C@H](CO)[C@@H](O)[C@H](O)[C@@H]1O. The summed E-state index contributed by atoms with van der Waals surface area (Å²) in [5, 5.41) is 37.0. The topological polar surface area (TPSA) is 99.4 Å². The van der Waals surface area contributed by atoms with Gasteiger partial charge in [-0.25, -0.2) is 0 Å². The predicted molar refractivity (Wildman–Crippen MR) is 48.6 cm³/mol. The zero-order chi connectivity index (χ0) is 11.4. The highest BCUT2D eigenvalue weighted by atomic mass is 16.7. The molecule has 15 heavy (non-hydrogen) atoms. The molecule has 6 heteroatoms. The van der Waals surface area contributed by atoms with Crippen molar-refractivity contribution in [3.63, 3.8) is 0 Å². The molecule has 5 atom stereocenters. The number of hydrogen-bond donors (Lipinski definition) is 4. The highest BCUT2D eigenvalue weighted by Crippen LogP contribution is 2.21. The van der Waals surface area contributed by atoms with Crippen LogP contribution >= 0.6 is 0 Å². The minimum absolute atomic E-state index is 0.0946. The van der Waals surface area contributed by atoms with Crippen molar-refractivity contribution < 1.29 is 29.9 Å². The molecule has 0 bridgehead atoms. The first-order chi connectivity index (χ1) is 7.11. The van der Waals surface area contributed by atoms with Crippen LogP contribution in [0.5, 0.6) is 0 Å². The van der Waals surface area contributed by atoms with Gasteiger partial charge in [0, 0.05) is 0 Å². The van der Waals surface area contributed by atoms with Crippen molar-refractivity contribution in [1.82, 2.24) is 0 Å². The first kappa shape index (κ1) is 12.4. The Morgan fingerprint density at radius 3 is 2.40 bits per heavy atom. The van der Waals surface area contributed by atoms with Crippen LogP contribution in [0, 0.1) is 12.3 Å². The fourth-order valence-electron chi connectivity index (χ4n) is 1.34. The summed E-state index contributed by atoms with van der Waals surface area (Å²) in [7, 11) is 0. The van der Waals surface area contributed by atoms with Crippen molar-refractivity contribution in [1.29, 1.82) is 0 Å². The van der Waals surface area contributed by atoms with Crippen molar-refractivity contribution in [3.8, 4) is 12.3 Å². The highest BCUT2D eigenvalue weighted by molar-refractivity contribution is 4.90. The molecule has 1 rings (SSSR count). The average molecular weight is 218 g/mol. The molecule has 4 N–H and O–H groups in total. The summed E-state index contributed by atoms with van der Waals surface area (Å²) in [5.41, 5.74) is 0. The number of aliphatic hydroxyl groups excluding tert-OH is 4. The summed E-state index contributed by atoms with van der Waals surface area (Å²) in [4.78, 5) is 0. The molecule has 0 aliphatic carbocycles. The number of aliphatic hydroxyl groups is 4. The highest BCUT2D eigenvalue weighted by Gasteiger charge is 2.43. The van der Waals surface area contributed by atoms with E-state index in [1.807, 2.05) is 0 Å². The summed E-state index contributed by atoms with van der Waals surface area (Å²) in [6.07, 6.45) is -1.36. The van der Waals surface area contributed by atoms with Gasteiger partial charge in [0.2, 0.25) is 0 Å². The zero-order valence-electron chi connectivity index (χ0n) is 7.98. The van der Waals surface area contributed by atoms with E-state index in [-0.39, 0.29) is 6.61 Å². The van der Waals surface area contributed by atoms with Gasteiger partial charge in [-0.05, 0) is 0 Å². The van der Waals surface area contributed by atoms with Crippen LogP contribution < -0.4 is 0 Å². The number of ether oxygens (including phenoxy) is 2. The first-order valence-corrected chi connectivity index (χ1v) is 4.47.